The van der Waals surface area contributed by atoms with Crippen LogP contribution in [0.1, 0.15) is 6.42 Å². The summed E-state index contributed by atoms with van der Waals surface area (Å²) in [6, 6.07) is 5.87. The Morgan fingerprint density at radius 1 is 1.19 bits per heavy atom. The zero-order chi connectivity index (χ0) is 20.0. The summed E-state index contributed by atoms with van der Waals surface area (Å²) >= 11 is 12.4. The fourth-order valence-corrected chi connectivity index (χ4v) is 3.28. The van der Waals surface area contributed by atoms with Crippen LogP contribution in [0.15, 0.2) is 18.2 Å². The molecule has 0 aliphatic carbocycles. The van der Waals surface area contributed by atoms with Gasteiger partial charge in [0.05, 0.1) is 15.7 Å². The molecule has 0 aromatic heterocycles. The predicted molar refractivity (Wildman–Crippen MR) is 99.8 cm³/mol. The van der Waals surface area contributed by atoms with E-state index in [0.717, 1.165) is 37.8 Å². The van der Waals surface area contributed by atoms with E-state index in [2.05, 4.69) is 21.2 Å². The van der Waals surface area contributed by atoms with E-state index in [0.29, 0.717) is 10.0 Å². The Bertz CT molecular complexity index is 634. The first-order chi connectivity index (χ1) is 12.7. The van der Waals surface area contributed by atoms with Gasteiger partial charge in [-0.1, -0.05) is 29.3 Å². The Kier molecular flexibility index (Phi) is 8.03. The van der Waals surface area contributed by atoms with Crippen LogP contribution in [0.25, 0.3) is 0 Å². The van der Waals surface area contributed by atoms with E-state index in [-0.39, 0.29) is 0 Å². The van der Waals surface area contributed by atoms with Crippen molar-refractivity contribution in [3.05, 3.63) is 28.2 Å². The molecule has 10 heteroatoms. The number of carbonyl (C=O) groups is 1. The Morgan fingerprint density at radius 3 is 2.26 bits per heavy atom. The van der Waals surface area contributed by atoms with Crippen molar-refractivity contribution in [2.45, 2.75) is 12.6 Å². The maximum Gasteiger partial charge on any atom is 0.490 e. The van der Waals surface area contributed by atoms with Gasteiger partial charge in [-0.3, -0.25) is 4.90 Å². The highest BCUT2D eigenvalue weighted by Gasteiger charge is 2.38. The van der Waals surface area contributed by atoms with Gasteiger partial charge >= 0.3 is 12.1 Å². The molecule has 2 aliphatic heterocycles. The zero-order valence-electron chi connectivity index (χ0n) is 14.6. The summed E-state index contributed by atoms with van der Waals surface area (Å²) in [4.78, 5) is 13.8. The Balaban J connectivity index is 0.000000321. The third-order valence-electron chi connectivity index (χ3n) is 4.61. The van der Waals surface area contributed by atoms with E-state index in [1.54, 1.807) is 0 Å². The van der Waals surface area contributed by atoms with E-state index >= 15 is 0 Å². The van der Waals surface area contributed by atoms with Gasteiger partial charge in [0.15, 0.2) is 0 Å². The molecule has 0 radical (unpaired) electrons. The van der Waals surface area contributed by atoms with Crippen LogP contribution in [0.3, 0.4) is 0 Å². The molecular weight excluding hydrogens is 406 g/mol. The monoisotopic (exact) mass is 427 g/mol. The summed E-state index contributed by atoms with van der Waals surface area (Å²) in [6.45, 7) is 7.93. The highest BCUT2D eigenvalue weighted by Crippen LogP contribution is 2.32. The summed E-state index contributed by atoms with van der Waals surface area (Å²) in [7, 11) is 0. The number of aliphatic carboxylic acids is 1. The number of rotatable bonds is 4. The van der Waals surface area contributed by atoms with Crippen LogP contribution in [0.5, 0.6) is 0 Å². The number of halogens is 5. The van der Waals surface area contributed by atoms with E-state index in [1.165, 1.54) is 26.1 Å². The van der Waals surface area contributed by atoms with Crippen molar-refractivity contribution in [2.75, 3.05) is 50.7 Å². The first-order valence-electron chi connectivity index (χ1n) is 8.60. The second-order valence-electron chi connectivity index (χ2n) is 6.52. The average Bonchev–Trinajstić information content (AvgIpc) is 2.56. The topological polar surface area (TPSA) is 55.8 Å². The molecule has 0 spiro atoms. The molecule has 1 aromatic carbocycles. The molecule has 0 bridgehead atoms. The number of nitrogens with one attached hydrogen (secondary N) is 1. The van der Waals surface area contributed by atoms with Gasteiger partial charge in [0.1, 0.15) is 0 Å². The number of alkyl halides is 3. The van der Waals surface area contributed by atoms with Crippen LogP contribution in [0.4, 0.5) is 18.9 Å². The lowest BCUT2D eigenvalue weighted by Crippen LogP contribution is -2.49. The molecule has 2 N–H and O–H groups in total. The molecule has 0 unspecified atom stereocenters. The number of hydrogen-bond donors (Lipinski definition) is 2. The number of benzene rings is 1. The maximum atomic E-state index is 10.6. The quantitative estimate of drug-likeness (QED) is 0.771. The molecule has 0 atom stereocenters. The summed E-state index contributed by atoms with van der Waals surface area (Å²) in [5.41, 5.74) is 1.07. The largest absolute Gasteiger partial charge is 0.490 e. The molecule has 5 nitrogen and oxygen atoms in total. The van der Waals surface area contributed by atoms with E-state index in [4.69, 9.17) is 33.1 Å². The first kappa shape index (κ1) is 22.1. The van der Waals surface area contributed by atoms with Crippen molar-refractivity contribution in [3.63, 3.8) is 0 Å². The lowest BCUT2D eigenvalue weighted by atomic mass is 9.99. The number of carboxylic acid groups (broad SMARTS) is 1. The van der Waals surface area contributed by atoms with E-state index < -0.39 is 12.1 Å². The van der Waals surface area contributed by atoms with Crippen LogP contribution in [0.2, 0.25) is 10.0 Å². The van der Waals surface area contributed by atoms with Crippen molar-refractivity contribution >= 4 is 34.9 Å². The summed E-state index contributed by atoms with van der Waals surface area (Å²) in [6.07, 6.45) is -3.76. The SMILES string of the molecule is Clc1cccc(N2CCN(CCC3CNC3)CC2)c1Cl.O=C(O)C(F)(F)F. The van der Waals surface area contributed by atoms with Gasteiger partial charge in [0, 0.05) is 26.2 Å². The van der Waals surface area contributed by atoms with Gasteiger partial charge in [-0.15, -0.1) is 0 Å². The van der Waals surface area contributed by atoms with Crippen molar-refractivity contribution in [2.24, 2.45) is 5.92 Å². The number of nitrogens with zero attached hydrogens (tertiary/aromatic N) is 2. The fraction of sp³-hybridized carbons (Fsp3) is 0.588. The maximum absolute atomic E-state index is 10.6. The van der Waals surface area contributed by atoms with E-state index in [9.17, 15) is 13.2 Å². The van der Waals surface area contributed by atoms with Gasteiger partial charge in [-0.05, 0) is 44.1 Å². The molecule has 27 heavy (non-hydrogen) atoms. The average molecular weight is 428 g/mol. The number of piperazine rings is 1. The second-order valence-corrected chi connectivity index (χ2v) is 7.30. The van der Waals surface area contributed by atoms with Gasteiger partial charge in [-0.25, -0.2) is 4.79 Å². The van der Waals surface area contributed by atoms with Crippen LogP contribution < -0.4 is 10.2 Å². The predicted octanol–water partition coefficient (Wildman–Crippen LogP) is 3.36. The fourth-order valence-electron chi connectivity index (χ4n) is 2.87. The molecular formula is C17H22Cl2F3N3O2. The molecule has 152 valence electrons. The van der Waals surface area contributed by atoms with Gasteiger partial charge in [0.2, 0.25) is 0 Å². The molecule has 1 aromatic rings. The minimum atomic E-state index is -5.08. The summed E-state index contributed by atoms with van der Waals surface area (Å²) in [5, 5.41) is 11.8. The highest BCUT2D eigenvalue weighted by molar-refractivity contribution is 6.43. The van der Waals surface area contributed by atoms with Crippen molar-refractivity contribution in [1.29, 1.82) is 0 Å². The minimum absolute atomic E-state index is 0.643. The normalized spacial score (nSPS) is 18.5. The number of carboxylic acids is 1. The Labute approximate surface area is 166 Å². The minimum Gasteiger partial charge on any atom is -0.475 e. The summed E-state index contributed by atoms with van der Waals surface area (Å²) < 4.78 is 31.7. The molecule has 2 fully saturated rings. The van der Waals surface area contributed by atoms with Gasteiger partial charge < -0.3 is 15.3 Å². The van der Waals surface area contributed by atoms with Crippen molar-refractivity contribution in [1.82, 2.24) is 10.2 Å². The number of hydrogen-bond acceptors (Lipinski definition) is 4. The van der Waals surface area contributed by atoms with E-state index in [1.807, 2.05) is 12.1 Å². The lowest BCUT2D eigenvalue weighted by Gasteiger charge is -2.38. The second kappa shape index (κ2) is 9.82. The summed E-state index contributed by atoms with van der Waals surface area (Å²) in [5.74, 6) is -1.86. The lowest BCUT2D eigenvalue weighted by molar-refractivity contribution is -0.192. The zero-order valence-corrected chi connectivity index (χ0v) is 16.1. The molecule has 2 saturated heterocycles. The highest BCUT2D eigenvalue weighted by atomic mass is 35.5. The Morgan fingerprint density at radius 2 is 1.78 bits per heavy atom. The van der Waals surface area contributed by atoms with Crippen molar-refractivity contribution in [3.8, 4) is 0 Å². The first-order valence-corrected chi connectivity index (χ1v) is 9.36. The standard InChI is InChI=1S/C15H21Cl2N3.C2HF3O2/c16-13-2-1-3-14(15(13)17)20-8-6-19(7-9-20)5-4-12-10-18-11-12;3-2(4,5)1(6)7/h1-3,12,18H,4-11H2;(H,6,7). The van der Waals surface area contributed by atoms with Gasteiger partial charge in [0.25, 0.3) is 0 Å². The smallest absolute Gasteiger partial charge is 0.475 e. The number of anilines is 1. The molecule has 0 amide bonds. The van der Waals surface area contributed by atoms with Crippen molar-refractivity contribution < 1.29 is 23.1 Å². The molecule has 2 aliphatic rings. The van der Waals surface area contributed by atoms with Crippen LogP contribution in [0, 0.1) is 5.92 Å². The third kappa shape index (κ3) is 6.71. The third-order valence-corrected chi connectivity index (χ3v) is 5.42. The van der Waals surface area contributed by atoms with Crippen LogP contribution in [-0.2, 0) is 4.79 Å². The Hall–Kier alpha value is -1.22. The molecule has 2 heterocycles. The van der Waals surface area contributed by atoms with Crippen LogP contribution in [-0.4, -0.2) is 68.0 Å². The van der Waals surface area contributed by atoms with Crippen LogP contribution >= 0.6 is 23.2 Å². The van der Waals surface area contributed by atoms with Gasteiger partial charge in [-0.2, -0.15) is 13.2 Å². The molecule has 0 saturated carbocycles. The molecule has 3 rings (SSSR count).